The number of rotatable bonds is 7. The third kappa shape index (κ3) is 4.78. The van der Waals surface area contributed by atoms with Gasteiger partial charge in [-0.05, 0) is 38.2 Å². The Morgan fingerprint density at radius 2 is 1.93 bits per heavy atom. The molecule has 0 saturated heterocycles. The molecule has 142 valence electrons. The first-order chi connectivity index (χ1) is 12.9. The summed E-state index contributed by atoms with van der Waals surface area (Å²) in [6.45, 7) is -0.704. The van der Waals surface area contributed by atoms with E-state index in [0.29, 0.717) is 6.54 Å². The van der Waals surface area contributed by atoms with Gasteiger partial charge in [-0.1, -0.05) is 24.3 Å². The van der Waals surface area contributed by atoms with E-state index in [1.807, 2.05) is 36.2 Å². The molecule has 0 aliphatic rings. The van der Waals surface area contributed by atoms with E-state index in [0.717, 1.165) is 15.2 Å². The van der Waals surface area contributed by atoms with Crippen LogP contribution in [0.15, 0.2) is 48.5 Å². The van der Waals surface area contributed by atoms with E-state index in [9.17, 15) is 13.6 Å². The number of hydrogen-bond acceptors (Lipinski definition) is 5. The maximum Gasteiger partial charge on any atom is 0.387 e. The molecule has 1 heterocycles. The standard InChI is InChI=1S/C19H19F2N3O2S/c1-12(18(25)23-13-7-3-5-9-15(13)26-19(20)21)24(2)11-17-22-14-8-4-6-10-16(14)27-17/h3-10,12,19H,11H2,1-2H3,(H,23,25). The summed E-state index contributed by atoms with van der Waals surface area (Å²) in [5, 5.41) is 3.56. The molecule has 8 heteroatoms. The van der Waals surface area contributed by atoms with E-state index in [1.54, 1.807) is 30.4 Å². The van der Waals surface area contributed by atoms with Crippen molar-refractivity contribution in [2.75, 3.05) is 12.4 Å². The minimum Gasteiger partial charge on any atom is -0.433 e. The fourth-order valence-corrected chi connectivity index (χ4v) is 3.57. The van der Waals surface area contributed by atoms with Gasteiger partial charge in [0, 0.05) is 0 Å². The lowest BCUT2D eigenvalue weighted by Crippen LogP contribution is -2.39. The molecule has 2 aromatic carbocycles. The van der Waals surface area contributed by atoms with Crippen molar-refractivity contribution in [2.24, 2.45) is 0 Å². The van der Waals surface area contributed by atoms with Crippen LogP contribution in [0.1, 0.15) is 11.9 Å². The van der Waals surface area contributed by atoms with Gasteiger partial charge in [0.2, 0.25) is 5.91 Å². The molecule has 3 rings (SSSR count). The highest BCUT2D eigenvalue weighted by atomic mass is 32.1. The summed E-state index contributed by atoms with van der Waals surface area (Å²) >= 11 is 1.58. The van der Waals surface area contributed by atoms with Crippen LogP contribution < -0.4 is 10.1 Å². The molecule has 0 fully saturated rings. The molecule has 0 bridgehead atoms. The van der Waals surface area contributed by atoms with Gasteiger partial charge in [0.15, 0.2) is 0 Å². The van der Waals surface area contributed by atoms with Crippen LogP contribution in [0, 0.1) is 0 Å². The van der Waals surface area contributed by atoms with Crippen LogP contribution >= 0.6 is 11.3 Å². The maximum atomic E-state index is 12.5. The molecule has 0 radical (unpaired) electrons. The molecular weight excluding hydrogens is 372 g/mol. The van der Waals surface area contributed by atoms with Gasteiger partial charge in [0.05, 0.1) is 28.5 Å². The predicted molar refractivity (Wildman–Crippen MR) is 102 cm³/mol. The van der Waals surface area contributed by atoms with Crippen molar-refractivity contribution in [1.29, 1.82) is 0 Å². The Bertz CT molecular complexity index is 899. The number of likely N-dealkylation sites (N-methyl/N-ethyl adjacent to an activating group) is 1. The molecule has 0 spiro atoms. The summed E-state index contributed by atoms with van der Waals surface area (Å²) in [6.07, 6.45) is 0. The second kappa shape index (κ2) is 8.41. The highest BCUT2D eigenvalue weighted by Gasteiger charge is 2.21. The van der Waals surface area contributed by atoms with Crippen LogP contribution in [0.3, 0.4) is 0 Å². The number of benzene rings is 2. The lowest BCUT2D eigenvalue weighted by atomic mass is 10.2. The monoisotopic (exact) mass is 391 g/mol. The fraction of sp³-hybridized carbons (Fsp3) is 0.263. The van der Waals surface area contributed by atoms with Gasteiger partial charge in [-0.15, -0.1) is 11.3 Å². The predicted octanol–water partition coefficient (Wildman–Crippen LogP) is 4.36. The van der Waals surface area contributed by atoms with Gasteiger partial charge in [-0.2, -0.15) is 8.78 Å². The van der Waals surface area contributed by atoms with Crippen LogP contribution in [0.2, 0.25) is 0 Å². The van der Waals surface area contributed by atoms with Crippen molar-refractivity contribution in [1.82, 2.24) is 9.88 Å². The Morgan fingerprint density at radius 1 is 1.22 bits per heavy atom. The number of aromatic nitrogens is 1. The van der Waals surface area contributed by atoms with Crippen LogP contribution in [0.25, 0.3) is 10.2 Å². The van der Waals surface area contributed by atoms with Crippen LogP contribution in [0.5, 0.6) is 5.75 Å². The molecule has 1 atom stereocenters. The number of anilines is 1. The summed E-state index contributed by atoms with van der Waals surface area (Å²) in [6, 6.07) is 13.5. The number of hydrogen-bond donors (Lipinski definition) is 1. The van der Waals surface area contributed by atoms with Gasteiger partial charge in [-0.3, -0.25) is 9.69 Å². The molecule has 0 aliphatic heterocycles. The number of carbonyl (C=O) groups excluding carboxylic acids is 1. The van der Waals surface area contributed by atoms with Crippen LogP contribution in [-0.2, 0) is 11.3 Å². The van der Waals surface area contributed by atoms with Crippen molar-refractivity contribution >= 4 is 33.1 Å². The largest absolute Gasteiger partial charge is 0.433 e. The Labute approximate surface area is 159 Å². The quantitative estimate of drug-likeness (QED) is 0.650. The highest BCUT2D eigenvalue weighted by Crippen LogP contribution is 2.26. The molecular formula is C19H19F2N3O2S. The van der Waals surface area contributed by atoms with E-state index in [4.69, 9.17) is 0 Å². The van der Waals surface area contributed by atoms with Crippen molar-refractivity contribution in [2.45, 2.75) is 26.1 Å². The number of amides is 1. The minimum absolute atomic E-state index is 0.0677. The van der Waals surface area contributed by atoms with E-state index in [-0.39, 0.29) is 17.3 Å². The smallest absolute Gasteiger partial charge is 0.387 e. The lowest BCUT2D eigenvalue weighted by molar-refractivity contribution is -0.120. The zero-order chi connectivity index (χ0) is 19.4. The Morgan fingerprint density at radius 3 is 2.67 bits per heavy atom. The third-order valence-electron chi connectivity index (χ3n) is 4.12. The molecule has 5 nitrogen and oxygen atoms in total. The fourth-order valence-electron chi connectivity index (χ4n) is 2.54. The van der Waals surface area contributed by atoms with Crippen molar-refractivity contribution in [3.63, 3.8) is 0 Å². The number of ether oxygens (including phenoxy) is 1. The average molecular weight is 391 g/mol. The summed E-state index contributed by atoms with van der Waals surface area (Å²) in [5.41, 5.74) is 1.14. The Kier molecular flexibility index (Phi) is 5.98. The molecule has 0 aliphatic carbocycles. The molecule has 1 N–H and O–H groups in total. The number of fused-ring (bicyclic) bond motifs is 1. The molecule has 3 aromatic rings. The molecule has 0 saturated carbocycles. The highest BCUT2D eigenvalue weighted by molar-refractivity contribution is 7.18. The summed E-state index contributed by atoms with van der Waals surface area (Å²) < 4.78 is 30.6. The first-order valence-electron chi connectivity index (χ1n) is 8.33. The zero-order valence-corrected chi connectivity index (χ0v) is 15.7. The number of nitrogens with one attached hydrogen (secondary N) is 1. The summed E-state index contributed by atoms with van der Waals surface area (Å²) in [7, 11) is 1.82. The molecule has 27 heavy (non-hydrogen) atoms. The van der Waals surface area contributed by atoms with Crippen molar-refractivity contribution < 1.29 is 18.3 Å². The maximum absolute atomic E-state index is 12.5. The molecule has 1 aromatic heterocycles. The van der Waals surface area contributed by atoms with Crippen molar-refractivity contribution in [3.05, 3.63) is 53.5 Å². The SMILES string of the molecule is CC(C(=O)Nc1ccccc1OC(F)F)N(C)Cc1nc2ccccc2s1. The van der Waals surface area contributed by atoms with E-state index in [1.165, 1.54) is 12.1 Å². The van der Waals surface area contributed by atoms with Gasteiger partial charge >= 0.3 is 6.61 Å². The number of para-hydroxylation sites is 3. The summed E-state index contributed by atoms with van der Waals surface area (Å²) in [5.74, 6) is -0.384. The van der Waals surface area contributed by atoms with Gasteiger partial charge in [0.1, 0.15) is 10.8 Å². The number of thiazole rings is 1. The van der Waals surface area contributed by atoms with Gasteiger partial charge in [-0.25, -0.2) is 4.98 Å². The normalized spacial score (nSPS) is 12.5. The van der Waals surface area contributed by atoms with E-state index >= 15 is 0 Å². The Hall–Kier alpha value is -2.58. The van der Waals surface area contributed by atoms with Gasteiger partial charge < -0.3 is 10.1 Å². The topological polar surface area (TPSA) is 54.5 Å². The van der Waals surface area contributed by atoms with Crippen LogP contribution in [-0.4, -0.2) is 35.5 Å². The van der Waals surface area contributed by atoms with Gasteiger partial charge in [0.25, 0.3) is 0 Å². The number of alkyl halides is 2. The lowest BCUT2D eigenvalue weighted by Gasteiger charge is -2.23. The number of nitrogens with zero attached hydrogens (tertiary/aromatic N) is 2. The second-order valence-electron chi connectivity index (χ2n) is 6.03. The minimum atomic E-state index is -2.96. The first kappa shape index (κ1) is 19.2. The zero-order valence-electron chi connectivity index (χ0n) is 14.9. The average Bonchev–Trinajstić information content (AvgIpc) is 3.04. The first-order valence-corrected chi connectivity index (χ1v) is 9.15. The van der Waals surface area contributed by atoms with E-state index < -0.39 is 12.7 Å². The van der Waals surface area contributed by atoms with Crippen LogP contribution in [0.4, 0.5) is 14.5 Å². The molecule has 1 amide bonds. The number of halogens is 2. The third-order valence-corrected chi connectivity index (χ3v) is 5.15. The van der Waals surface area contributed by atoms with E-state index in [2.05, 4.69) is 15.0 Å². The number of carbonyl (C=O) groups is 1. The summed E-state index contributed by atoms with van der Waals surface area (Å²) in [4.78, 5) is 19.0. The molecule has 1 unspecified atom stereocenters. The Balaban J connectivity index is 1.66. The van der Waals surface area contributed by atoms with Crippen molar-refractivity contribution in [3.8, 4) is 5.75 Å². The second-order valence-corrected chi connectivity index (χ2v) is 7.15.